The van der Waals surface area contributed by atoms with Crippen LogP contribution in [-0.4, -0.2) is 36.2 Å². The first-order valence-corrected chi connectivity index (χ1v) is 11.1. The van der Waals surface area contributed by atoms with E-state index < -0.39 is 5.82 Å². The minimum Gasteiger partial charge on any atom is -0.494 e. The van der Waals surface area contributed by atoms with Crippen molar-refractivity contribution >= 4 is 11.0 Å². The smallest absolute Gasteiger partial charge is 0.328 e. The largest absolute Gasteiger partial charge is 0.494 e. The number of fused-ring (bicyclic) bond motifs is 1. The molecule has 1 fully saturated rings. The predicted octanol–water partition coefficient (Wildman–Crippen LogP) is 3.55. The number of methoxy groups -OCH3 is 1. The second-order valence-corrected chi connectivity index (χ2v) is 8.89. The second kappa shape index (κ2) is 8.17. The molecule has 0 saturated heterocycles. The summed E-state index contributed by atoms with van der Waals surface area (Å²) < 4.78 is 30.2. The van der Waals surface area contributed by atoms with Gasteiger partial charge in [0.1, 0.15) is 5.69 Å². The zero-order chi connectivity index (χ0) is 23.3. The number of aryl methyl sites for hydroxylation is 3. The minimum atomic E-state index is -0.474. The second-order valence-electron chi connectivity index (χ2n) is 8.89. The zero-order valence-electron chi connectivity index (χ0n) is 19.2. The summed E-state index contributed by atoms with van der Waals surface area (Å²) in [4.78, 5) is 12.8. The van der Waals surface area contributed by atoms with Gasteiger partial charge in [-0.3, -0.25) is 13.8 Å². The van der Waals surface area contributed by atoms with Crippen LogP contribution in [0.15, 0.2) is 27.4 Å². The van der Waals surface area contributed by atoms with Crippen molar-refractivity contribution in [2.75, 3.05) is 7.11 Å². The molecule has 4 aromatic rings. The summed E-state index contributed by atoms with van der Waals surface area (Å²) in [6.07, 6.45) is 3.70. The lowest BCUT2D eigenvalue weighted by atomic mass is 9.82. The molecule has 3 heterocycles. The average molecular weight is 455 g/mol. The molecule has 3 aromatic heterocycles. The number of nitrogens with zero attached hydrogens (tertiary/aromatic N) is 6. The molecule has 33 heavy (non-hydrogen) atoms. The van der Waals surface area contributed by atoms with E-state index in [2.05, 4.69) is 15.3 Å². The first-order chi connectivity index (χ1) is 15.9. The number of hydrogen-bond donors (Lipinski definition) is 0. The molecular weight excluding hydrogens is 427 g/mol. The highest BCUT2D eigenvalue weighted by Gasteiger charge is 2.28. The Morgan fingerprint density at radius 3 is 2.55 bits per heavy atom. The highest BCUT2D eigenvalue weighted by Crippen LogP contribution is 2.37. The molecule has 0 bridgehead atoms. The number of hydrogen-bond acceptors (Lipinski definition) is 6. The van der Waals surface area contributed by atoms with Crippen LogP contribution in [0.3, 0.4) is 0 Å². The van der Waals surface area contributed by atoms with Crippen LogP contribution < -0.4 is 10.4 Å². The van der Waals surface area contributed by atoms with Crippen LogP contribution in [0.5, 0.6) is 5.75 Å². The highest BCUT2D eigenvalue weighted by molar-refractivity contribution is 5.78. The SMILES string of the molecule is COc1cc2c(cc1F)n(C)c(=O)n2CC1CCC(c2nnc(-c3cc(C)nn3C)o2)CC1. The van der Waals surface area contributed by atoms with Gasteiger partial charge in [0, 0.05) is 38.7 Å². The van der Waals surface area contributed by atoms with E-state index in [4.69, 9.17) is 9.15 Å². The topological polar surface area (TPSA) is 92.9 Å². The Bertz CT molecular complexity index is 1370. The highest BCUT2D eigenvalue weighted by atomic mass is 19.1. The number of halogens is 1. The van der Waals surface area contributed by atoms with Crippen LogP contribution >= 0.6 is 0 Å². The van der Waals surface area contributed by atoms with Gasteiger partial charge in [-0.2, -0.15) is 5.10 Å². The molecule has 0 unspecified atom stereocenters. The molecular formula is C23H27FN6O3. The maximum atomic E-state index is 14.2. The summed E-state index contributed by atoms with van der Waals surface area (Å²) in [5, 5.41) is 12.9. The van der Waals surface area contributed by atoms with Crippen molar-refractivity contribution in [2.24, 2.45) is 20.0 Å². The third kappa shape index (κ3) is 3.73. The van der Waals surface area contributed by atoms with Gasteiger partial charge >= 0.3 is 5.69 Å². The maximum absolute atomic E-state index is 14.2. The third-order valence-electron chi connectivity index (χ3n) is 6.72. The molecule has 9 nitrogen and oxygen atoms in total. The van der Waals surface area contributed by atoms with Gasteiger partial charge in [0.15, 0.2) is 11.6 Å². The quantitative estimate of drug-likeness (QED) is 0.458. The fourth-order valence-corrected chi connectivity index (χ4v) is 4.90. The summed E-state index contributed by atoms with van der Waals surface area (Å²) in [6.45, 7) is 2.51. The van der Waals surface area contributed by atoms with Crippen LogP contribution in [0, 0.1) is 18.7 Å². The summed E-state index contributed by atoms with van der Waals surface area (Å²) in [5.41, 5.74) is 2.82. The van der Waals surface area contributed by atoms with E-state index in [1.165, 1.54) is 17.7 Å². The molecule has 0 spiro atoms. The number of ether oxygens (including phenoxy) is 1. The normalized spacial score (nSPS) is 18.8. The predicted molar refractivity (Wildman–Crippen MR) is 120 cm³/mol. The first-order valence-electron chi connectivity index (χ1n) is 11.1. The molecule has 0 aliphatic heterocycles. The Labute approximate surface area is 189 Å². The minimum absolute atomic E-state index is 0.140. The Morgan fingerprint density at radius 1 is 1.12 bits per heavy atom. The molecule has 174 valence electrons. The van der Waals surface area contributed by atoms with Gasteiger partial charge in [-0.05, 0) is 44.6 Å². The van der Waals surface area contributed by atoms with Gasteiger partial charge in [0.25, 0.3) is 5.89 Å². The molecule has 1 aliphatic carbocycles. The fourth-order valence-electron chi connectivity index (χ4n) is 4.90. The Kier molecular flexibility index (Phi) is 5.30. The monoisotopic (exact) mass is 454 g/mol. The zero-order valence-corrected chi connectivity index (χ0v) is 19.2. The van der Waals surface area contributed by atoms with Gasteiger partial charge in [0.2, 0.25) is 5.89 Å². The molecule has 5 rings (SSSR count). The Morgan fingerprint density at radius 2 is 1.88 bits per heavy atom. The van der Waals surface area contributed by atoms with Crippen molar-refractivity contribution < 1.29 is 13.5 Å². The summed E-state index contributed by atoms with van der Waals surface area (Å²) in [5.74, 6) is 1.35. The molecule has 1 saturated carbocycles. The van der Waals surface area contributed by atoms with Crippen LogP contribution in [0.2, 0.25) is 0 Å². The number of benzene rings is 1. The van der Waals surface area contributed by atoms with Crippen LogP contribution in [0.4, 0.5) is 4.39 Å². The van der Waals surface area contributed by atoms with Gasteiger partial charge < -0.3 is 9.15 Å². The Balaban J connectivity index is 1.31. The first kappa shape index (κ1) is 21.4. The molecule has 1 aromatic carbocycles. The van der Waals surface area contributed by atoms with Crippen molar-refractivity contribution in [3.63, 3.8) is 0 Å². The molecule has 0 atom stereocenters. The van der Waals surface area contributed by atoms with E-state index in [0.717, 1.165) is 37.1 Å². The van der Waals surface area contributed by atoms with Gasteiger partial charge in [-0.1, -0.05) is 0 Å². The molecule has 0 N–H and O–H groups in total. The fraction of sp³-hybridized carbons (Fsp3) is 0.478. The van der Waals surface area contributed by atoms with Crippen molar-refractivity contribution in [3.8, 4) is 17.3 Å². The van der Waals surface area contributed by atoms with E-state index in [0.29, 0.717) is 35.3 Å². The number of imidazole rings is 1. The third-order valence-corrected chi connectivity index (χ3v) is 6.72. The lowest BCUT2D eigenvalue weighted by Crippen LogP contribution is -2.27. The van der Waals surface area contributed by atoms with E-state index in [9.17, 15) is 9.18 Å². The van der Waals surface area contributed by atoms with Crippen molar-refractivity contribution in [3.05, 3.63) is 46.1 Å². The summed E-state index contributed by atoms with van der Waals surface area (Å²) >= 11 is 0. The van der Waals surface area contributed by atoms with E-state index in [-0.39, 0.29) is 17.4 Å². The number of rotatable bonds is 5. The molecule has 10 heteroatoms. The van der Waals surface area contributed by atoms with E-state index in [1.807, 2.05) is 20.0 Å². The van der Waals surface area contributed by atoms with E-state index in [1.54, 1.807) is 22.4 Å². The van der Waals surface area contributed by atoms with Crippen LogP contribution in [-0.2, 0) is 20.6 Å². The van der Waals surface area contributed by atoms with Gasteiger partial charge in [-0.15, -0.1) is 10.2 Å². The van der Waals surface area contributed by atoms with Crippen LogP contribution in [0.1, 0.15) is 43.2 Å². The van der Waals surface area contributed by atoms with E-state index >= 15 is 0 Å². The van der Waals surface area contributed by atoms with Crippen molar-refractivity contribution in [2.45, 2.75) is 45.1 Å². The molecule has 1 aliphatic rings. The standard InChI is InChI=1S/C23H27FN6O3/c1-13-9-19(29(3)27-13)22-26-25-21(33-22)15-7-5-14(6-8-15)12-30-18-11-20(32-4)16(24)10-17(18)28(2)23(30)31/h9-11,14-15H,5-8,12H2,1-4H3. The van der Waals surface area contributed by atoms with Crippen molar-refractivity contribution in [1.29, 1.82) is 0 Å². The van der Waals surface area contributed by atoms with Gasteiger partial charge in [-0.25, -0.2) is 9.18 Å². The number of aromatic nitrogens is 6. The average Bonchev–Trinajstić information content (AvgIpc) is 3.47. The summed E-state index contributed by atoms with van der Waals surface area (Å²) in [6, 6.07) is 4.90. The van der Waals surface area contributed by atoms with Crippen LogP contribution in [0.25, 0.3) is 22.6 Å². The summed E-state index contributed by atoms with van der Waals surface area (Å²) in [7, 11) is 4.95. The maximum Gasteiger partial charge on any atom is 0.328 e. The molecule has 0 radical (unpaired) electrons. The van der Waals surface area contributed by atoms with Gasteiger partial charge in [0.05, 0.1) is 23.8 Å². The lowest BCUT2D eigenvalue weighted by Gasteiger charge is -2.26. The Hall–Kier alpha value is -3.43. The molecule has 0 amide bonds. The van der Waals surface area contributed by atoms with Crippen molar-refractivity contribution in [1.82, 2.24) is 29.1 Å². The lowest BCUT2D eigenvalue weighted by molar-refractivity contribution is 0.270.